The average Bonchev–Trinajstić information content (AvgIpc) is 3.06. The minimum Gasteiger partial charge on any atom is -0.494 e. The minimum atomic E-state index is 0. The van der Waals surface area contributed by atoms with E-state index in [9.17, 15) is 0 Å². The molecule has 0 unspecified atom stereocenters. The van der Waals surface area contributed by atoms with Crippen molar-refractivity contribution in [3.63, 3.8) is 0 Å². The van der Waals surface area contributed by atoms with Gasteiger partial charge in [0.2, 0.25) is 0 Å². The average molecular weight is 458 g/mol. The fourth-order valence-electron chi connectivity index (χ4n) is 2.20. The molecule has 138 valence electrons. The summed E-state index contributed by atoms with van der Waals surface area (Å²) in [7, 11) is 1.74. The van der Waals surface area contributed by atoms with E-state index >= 15 is 0 Å². The first-order chi connectivity index (χ1) is 11.6. The number of rotatable bonds is 7. The Morgan fingerprint density at radius 1 is 1.24 bits per heavy atom. The van der Waals surface area contributed by atoms with Gasteiger partial charge in [0.05, 0.1) is 18.8 Å². The number of aromatic nitrogens is 1. The van der Waals surface area contributed by atoms with Crippen LogP contribution in [0.2, 0.25) is 0 Å². The molecule has 0 aliphatic heterocycles. The number of nitrogens with zero attached hydrogens (tertiary/aromatic N) is 2. The molecule has 0 atom stereocenters. The highest BCUT2D eigenvalue weighted by Gasteiger charge is 2.08. The van der Waals surface area contributed by atoms with Crippen molar-refractivity contribution in [3.8, 4) is 5.75 Å². The fraction of sp³-hybridized carbons (Fsp3) is 0.444. The molecule has 0 aliphatic rings. The van der Waals surface area contributed by atoms with Gasteiger partial charge in [-0.15, -0.1) is 24.0 Å². The van der Waals surface area contributed by atoms with Crippen LogP contribution in [-0.2, 0) is 13.1 Å². The Morgan fingerprint density at radius 3 is 2.60 bits per heavy atom. The van der Waals surface area contributed by atoms with Crippen LogP contribution >= 0.6 is 24.0 Å². The molecule has 2 N–H and O–H groups in total. The number of hydrogen-bond acceptors (Lipinski definition) is 4. The molecule has 0 saturated carbocycles. The number of guanidine groups is 1. The monoisotopic (exact) mass is 458 g/mol. The predicted octanol–water partition coefficient (Wildman–Crippen LogP) is 3.68. The zero-order valence-electron chi connectivity index (χ0n) is 15.2. The number of aliphatic imine (C=N–C) groups is 1. The van der Waals surface area contributed by atoms with Gasteiger partial charge in [0.15, 0.2) is 11.7 Å². The first kappa shape index (κ1) is 21.3. The maximum absolute atomic E-state index is 5.63. The number of para-hydroxylation sites is 1. The lowest BCUT2D eigenvalue weighted by Gasteiger charge is -2.13. The summed E-state index contributed by atoms with van der Waals surface area (Å²) in [5.74, 6) is 2.73. The highest BCUT2D eigenvalue weighted by molar-refractivity contribution is 14.0. The van der Waals surface area contributed by atoms with Crippen molar-refractivity contribution in [1.82, 2.24) is 15.8 Å². The summed E-state index contributed by atoms with van der Waals surface area (Å²) in [4.78, 5) is 4.23. The molecular formula is C18H27IN4O2. The van der Waals surface area contributed by atoms with Crippen molar-refractivity contribution >= 4 is 29.9 Å². The molecule has 25 heavy (non-hydrogen) atoms. The molecule has 0 amide bonds. The lowest BCUT2D eigenvalue weighted by Crippen LogP contribution is -2.36. The number of ether oxygens (including phenoxy) is 1. The van der Waals surface area contributed by atoms with E-state index in [0.717, 1.165) is 22.8 Å². The van der Waals surface area contributed by atoms with Gasteiger partial charge < -0.3 is 19.9 Å². The Hall–Kier alpha value is -1.77. The molecule has 0 aliphatic carbocycles. The lowest BCUT2D eigenvalue weighted by molar-refractivity contribution is 0.336. The zero-order chi connectivity index (χ0) is 17.4. The summed E-state index contributed by atoms with van der Waals surface area (Å²) in [5, 5.41) is 10.6. The standard InChI is InChI=1S/C18H26N4O2.HI/c1-5-23-17-9-7-6-8-14(17)11-20-18(19-4)21-12-15-10-16(13(2)3)22-24-15;/h6-10,13H,5,11-12H2,1-4H3,(H2,19,20,21);1H. The maximum atomic E-state index is 5.63. The quantitative estimate of drug-likeness (QED) is 0.376. The Morgan fingerprint density at radius 2 is 1.96 bits per heavy atom. The smallest absolute Gasteiger partial charge is 0.191 e. The molecule has 1 heterocycles. The number of halogens is 1. The van der Waals surface area contributed by atoms with Crippen LogP contribution < -0.4 is 15.4 Å². The maximum Gasteiger partial charge on any atom is 0.191 e. The molecule has 0 spiro atoms. The summed E-state index contributed by atoms with van der Waals surface area (Å²) in [5.41, 5.74) is 2.05. The van der Waals surface area contributed by atoms with Gasteiger partial charge in [-0.3, -0.25) is 4.99 Å². The summed E-state index contributed by atoms with van der Waals surface area (Å²) in [6.07, 6.45) is 0. The summed E-state index contributed by atoms with van der Waals surface area (Å²) < 4.78 is 11.0. The van der Waals surface area contributed by atoms with Crippen molar-refractivity contribution in [2.24, 2.45) is 4.99 Å². The first-order valence-electron chi connectivity index (χ1n) is 8.24. The predicted molar refractivity (Wildman–Crippen MR) is 111 cm³/mol. The topological polar surface area (TPSA) is 71.7 Å². The second-order valence-electron chi connectivity index (χ2n) is 5.69. The third-order valence-corrected chi connectivity index (χ3v) is 3.54. The number of benzene rings is 1. The van der Waals surface area contributed by atoms with Gasteiger partial charge in [-0.1, -0.05) is 37.2 Å². The second-order valence-corrected chi connectivity index (χ2v) is 5.69. The van der Waals surface area contributed by atoms with Gasteiger partial charge in [0.1, 0.15) is 5.75 Å². The molecular weight excluding hydrogens is 431 g/mol. The third kappa shape index (κ3) is 6.56. The molecule has 2 aromatic rings. The fourth-order valence-corrected chi connectivity index (χ4v) is 2.20. The van der Waals surface area contributed by atoms with Crippen LogP contribution in [0.1, 0.15) is 43.7 Å². The Bertz CT molecular complexity index is 671. The van der Waals surface area contributed by atoms with Crippen LogP contribution in [0.5, 0.6) is 5.75 Å². The first-order valence-corrected chi connectivity index (χ1v) is 8.24. The van der Waals surface area contributed by atoms with E-state index < -0.39 is 0 Å². The summed E-state index contributed by atoms with van der Waals surface area (Å²) >= 11 is 0. The molecule has 0 saturated heterocycles. The van der Waals surface area contributed by atoms with Crippen molar-refractivity contribution in [3.05, 3.63) is 47.3 Å². The van der Waals surface area contributed by atoms with Crippen molar-refractivity contribution in [1.29, 1.82) is 0 Å². The van der Waals surface area contributed by atoms with E-state index in [-0.39, 0.29) is 24.0 Å². The van der Waals surface area contributed by atoms with Gasteiger partial charge in [0.25, 0.3) is 0 Å². The molecule has 0 bridgehead atoms. The van der Waals surface area contributed by atoms with Crippen LogP contribution in [0.15, 0.2) is 39.8 Å². The molecule has 2 rings (SSSR count). The Kier molecular flexibility index (Phi) is 9.33. The highest BCUT2D eigenvalue weighted by Crippen LogP contribution is 2.17. The van der Waals surface area contributed by atoms with Crippen LogP contribution in [0.25, 0.3) is 0 Å². The largest absolute Gasteiger partial charge is 0.494 e. The highest BCUT2D eigenvalue weighted by atomic mass is 127. The molecule has 1 aromatic carbocycles. The van der Waals surface area contributed by atoms with Crippen molar-refractivity contribution in [2.75, 3.05) is 13.7 Å². The Labute approximate surface area is 166 Å². The molecule has 0 fully saturated rings. The van der Waals surface area contributed by atoms with Gasteiger partial charge in [0, 0.05) is 25.2 Å². The minimum absolute atomic E-state index is 0. The van der Waals surface area contributed by atoms with Crippen molar-refractivity contribution in [2.45, 2.75) is 39.8 Å². The van der Waals surface area contributed by atoms with E-state index in [0.29, 0.717) is 31.6 Å². The Balaban J connectivity index is 0.00000312. The summed E-state index contributed by atoms with van der Waals surface area (Å²) in [6, 6.07) is 9.94. The normalized spacial score (nSPS) is 11.2. The lowest BCUT2D eigenvalue weighted by atomic mass is 10.1. The number of hydrogen-bond donors (Lipinski definition) is 2. The van der Waals surface area contributed by atoms with Gasteiger partial charge in [-0.2, -0.15) is 0 Å². The summed E-state index contributed by atoms with van der Waals surface area (Å²) in [6.45, 7) is 7.97. The van der Waals surface area contributed by atoms with Gasteiger partial charge in [-0.05, 0) is 18.9 Å². The molecule has 0 radical (unpaired) electrons. The van der Waals surface area contributed by atoms with E-state index in [1.165, 1.54) is 0 Å². The second kappa shape index (κ2) is 11.0. The van der Waals surface area contributed by atoms with Crippen LogP contribution in [0, 0.1) is 0 Å². The van der Waals surface area contributed by atoms with E-state index in [1.54, 1.807) is 7.05 Å². The molecule has 6 nitrogen and oxygen atoms in total. The van der Waals surface area contributed by atoms with Gasteiger partial charge in [-0.25, -0.2) is 0 Å². The van der Waals surface area contributed by atoms with E-state index in [1.807, 2.05) is 37.3 Å². The van der Waals surface area contributed by atoms with Crippen LogP contribution in [-0.4, -0.2) is 24.8 Å². The zero-order valence-corrected chi connectivity index (χ0v) is 17.5. The molecule has 1 aromatic heterocycles. The molecule has 7 heteroatoms. The van der Waals surface area contributed by atoms with Crippen LogP contribution in [0.4, 0.5) is 0 Å². The van der Waals surface area contributed by atoms with Crippen LogP contribution in [0.3, 0.4) is 0 Å². The SMILES string of the molecule is CCOc1ccccc1CNC(=NC)NCc1cc(C(C)C)no1.I. The van der Waals surface area contributed by atoms with E-state index in [2.05, 4.69) is 34.6 Å². The van der Waals surface area contributed by atoms with Gasteiger partial charge >= 0.3 is 0 Å². The van der Waals surface area contributed by atoms with Crippen molar-refractivity contribution < 1.29 is 9.26 Å². The number of nitrogens with one attached hydrogen (secondary N) is 2. The van der Waals surface area contributed by atoms with E-state index in [4.69, 9.17) is 9.26 Å². The third-order valence-electron chi connectivity index (χ3n) is 3.54.